The molecule has 0 aliphatic rings. The van der Waals surface area contributed by atoms with Crippen molar-refractivity contribution >= 4 is 38.9 Å². The summed E-state index contributed by atoms with van der Waals surface area (Å²) in [5.74, 6) is 0. The summed E-state index contributed by atoms with van der Waals surface area (Å²) in [5, 5.41) is 3.41. The number of aryl methyl sites for hydroxylation is 3. The zero-order chi connectivity index (χ0) is 14.2. The quantitative estimate of drug-likeness (QED) is 0.774. The van der Waals surface area contributed by atoms with Gasteiger partial charge in [0.2, 0.25) is 0 Å². The molecule has 0 spiro atoms. The molecular weight excluding hydrogens is 342 g/mol. The third-order valence-corrected chi connectivity index (χ3v) is 5.80. The van der Waals surface area contributed by atoms with Gasteiger partial charge < -0.3 is 5.32 Å². The van der Waals surface area contributed by atoms with E-state index in [9.17, 15) is 0 Å². The predicted molar refractivity (Wildman–Crippen MR) is 88.6 cm³/mol. The van der Waals surface area contributed by atoms with Crippen molar-refractivity contribution in [3.63, 3.8) is 0 Å². The van der Waals surface area contributed by atoms with Crippen molar-refractivity contribution in [2.24, 2.45) is 0 Å². The maximum atomic E-state index is 6.17. The average molecular weight is 359 g/mol. The smallest absolute Gasteiger partial charge is 0.107 e. The van der Waals surface area contributed by atoms with Gasteiger partial charge >= 0.3 is 0 Å². The zero-order valence-electron chi connectivity index (χ0n) is 11.5. The number of rotatable bonds is 3. The topological polar surface area (TPSA) is 12.0 Å². The summed E-state index contributed by atoms with van der Waals surface area (Å²) in [6.45, 7) is 6.48. The molecule has 1 heterocycles. The minimum absolute atomic E-state index is 0.189. The fraction of sp³-hybridized carbons (Fsp3) is 0.333. The molecule has 102 valence electrons. The SMILES string of the molecule is CNC(c1cc(Br)c(Cl)s1)c1c(C)cc(C)cc1C. The third kappa shape index (κ3) is 3.05. The Morgan fingerprint density at radius 1 is 1.16 bits per heavy atom. The van der Waals surface area contributed by atoms with E-state index in [1.807, 2.05) is 7.05 Å². The number of hydrogen-bond acceptors (Lipinski definition) is 2. The van der Waals surface area contributed by atoms with E-state index in [1.54, 1.807) is 11.3 Å². The van der Waals surface area contributed by atoms with Crippen LogP contribution in [0.4, 0.5) is 0 Å². The summed E-state index contributed by atoms with van der Waals surface area (Å²) in [7, 11) is 1.99. The van der Waals surface area contributed by atoms with Gasteiger partial charge in [0.25, 0.3) is 0 Å². The molecule has 0 saturated heterocycles. The molecule has 0 aliphatic carbocycles. The molecule has 0 bridgehead atoms. The molecule has 0 aliphatic heterocycles. The number of nitrogens with one attached hydrogen (secondary N) is 1. The molecular formula is C15H17BrClNS. The summed E-state index contributed by atoms with van der Waals surface area (Å²) in [6.07, 6.45) is 0. The number of benzene rings is 1. The molecule has 2 aromatic rings. The minimum Gasteiger partial charge on any atom is -0.309 e. The van der Waals surface area contributed by atoms with E-state index in [0.717, 1.165) is 8.81 Å². The van der Waals surface area contributed by atoms with Gasteiger partial charge in [0.05, 0.1) is 6.04 Å². The van der Waals surface area contributed by atoms with Crippen molar-refractivity contribution in [3.8, 4) is 0 Å². The maximum Gasteiger partial charge on any atom is 0.107 e. The lowest BCUT2D eigenvalue weighted by atomic mass is 9.93. The maximum absolute atomic E-state index is 6.17. The standard InChI is InChI=1S/C15H17BrClNS/c1-8-5-9(2)13(10(3)6-8)14(18-4)12-7-11(16)15(17)19-12/h5-7,14,18H,1-4H3. The van der Waals surface area contributed by atoms with Crippen molar-refractivity contribution in [2.75, 3.05) is 7.05 Å². The van der Waals surface area contributed by atoms with Crippen molar-refractivity contribution in [1.29, 1.82) is 0 Å². The Kier molecular flexibility index (Phi) is 4.72. The van der Waals surface area contributed by atoms with Crippen molar-refractivity contribution in [3.05, 3.63) is 54.1 Å². The van der Waals surface area contributed by atoms with Crippen LogP contribution in [-0.2, 0) is 0 Å². The fourth-order valence-electron chi connectivity index (χ4n) is 2.58. The normalized spacial score (nSPS) is 12.7. The molecule has 0 amide bonds. The predicted octanol–water partition coefficient (Wildman–Crippen LogP) is 5.40. The first-order chi connectivity index (χ1) is 8.93. The Morgan fingerprint density at radius 3 is 2.16 bits per heavy atom. The first-order valence-corrected chi connectivity index (χ1v) is 8.12. The van der Waals surface area contributed by atoms with Crippen LogP contribution >= 0.6 is 38.9 Å². The fourth-order valence-corrected chi connectivity index (χ4v) is 4.44. The van der Waals surface area contributed by atoms with E-state index in [4.69, 9.17) is 11.6 Å². The molecule has 1 nitrogen and oxygen atoms in total. The van der Waals surface area contributed by atoms with E-state index >= 15 is 0 Å². The lowest BCUT2D eigenvalue weighted by molar-refractivity contribution is 0.694. The van der Waals surface area contributed by atoms with Gasteiger partial charge in [-0.05, 0) is 66.5 Å². The van der Waals surface area contributed by atoms with Crippen LogP contribution in [-0.4, -0.2) is 7.05 Å². The summed E-state index contributed by atoms with van der Waals surface area (Å²) < 4.78 is 1.77. The molecule has 1 aromatic carbocycles. The highest BCUT2D eigenvalue weighted by Crippen LogP contribution is 2.38. The lowest BCUT2D eigenvalue weighted by Crippen LogP contribution is -2.19. The van der Waals surface area contributed by atoms with E-state index < -0.39 is 0 Å². The number of thiophene rings is 1. The Bertz CT molecular complexity index is 564. The molecule has 1 unspecified atom stereocenters. The molecule has 2 rings (SSSR count). The number of hydrogen-bond donors (Lipinski definition) is 1. The van der Waals surface area contributed by atoms with Crippen LogP contribution in [0.5, 0.6) is 0 Å². The molecule has 1 atom stereocenters. The second-order valence-corrected chi connectivity index (χ2v) is 7.34. The summed E-state index contributed by atoms with van der Waals surface area (Å²) >= 11 is 11.3. The summed E-state index contributed by atoms with van der Waals surface area (Å²) in [6, 6.07) is 6.76. The van der Waals surface area contributed by atoms with E-state index in [-0.39, 0.29) is 6.04 Å². The van der Waals surface area contributed by atoms with Crippen LogP contribution in [0.1, 0.15) is 33.2 Å². The Balaban J connectivity index is 2.54. The summed E-state index contributed by atoms with van der Waals surface area (Å²) in [5.41, 5.74) is 5.28. The van der Waals surface area contributed by atoms with Crippen LogP contribution in [0.15, 0.2) is 22.7 Å². The van der Waals surface area contributed by atoms with Crippen LogP contribution in [0, 0.1) is 20.8 Å². The molecule has 4 heteroatoms. The van der Waals surface area contributed by atoms with Gasteiger partial charge in [0.1, 0.15) is 4.34 Å². The lowest BCUT2D eigenvalue weighted by Gasteiger charge is -2.20. The van der Waals surface area contributed by atoms with Crippen molar-refractivity contribution < 1.29 is 0 Å². The first-order valence-electron chi connectivity index (χ1n) is 6.13. The highest BCUT2D eigenvalue weighted by atomic mass is 79.9. The Hall–Kier alpha value is -0.350. The molecule has 0 radical (unpaired) electrons. The van der Waals surface area contributed by atoms with Crippen molar-refractivity contribution in [2.45, 2.75) is 26.8 Å². The minimum atomic E-state index is 0.189. The Labute approximate surface area is 132 Å². The van der Waals surface area contributed by atoms with Crippen LogP contribution in [0.3, 0.4) is 0 Å². The van der Waals surface area contributed by atoms with Crippen LogP contribution < -0.4 is 5.32 Å². The van der Waals surface area contributed by atoms with Gasteiger partial charge in [-0.25, -0.2) is 0 Å². The second-order valence-electron chi connectivity index (χ2n) is 4.80. The molecule has 0 fully saturated rings. The van der Waals surface area contributed by atoms with Crippen LogP contribution in [0.25, 0.3) is 0 Å². The monoisotopic (exact) mass is 357 g/mol. The highest BCUT2D eigenvalue weighted by Gasteiger charge is 2.20. The van der Waals surface area contributed by atoms with E-state index in [0.29, 0.717) is 0 Å². The first kappa shape index (κ1) is 15.0. The van der Waals surface area contributed by atoms with Gasteiger partial charge in [-0.2, -0.15) is 0 Å². The summed E-state index contributed by atoms with van der Waals surface area (Å²) in [4.78, 5) is 1.23. The second kappa shape index (κ2) is 5.96. The molecule has 19 heavy (non-hydrogen) atoms. The van der Waals surface area contributed by atoms with Gasteiger partial charge in [-0.3, -0.25) is 0 Å². The molecule has 0 saturated carbocycles. The molecule has 1 N–H and O–H groups in total. The van der Waals surface area contributed by atoms with E-state index in [2.05, 4.69) is 60.2 Å². The van der Waals surface area contributed by atoms with Gasteiger partial charge in [-0.1, -0.05) is 29.3 Å². The van der Waals surface area contributed by atoms with E-state index in [1.165, 1.54) is 27.1 Å². The van der Waals surface area contributed by atoms with Crippen LogP contribution in [0.2, 0.25) is 4.34 Å². The zero-order valence-corrected chi connectivity index (χ0v) is 14.6. The average Bonchev–Trinajstić information content (AvgIpc) is 2.63. The highest BCUT2D eigenvalue weighted by molar-refractivity contribution is 9.10. The molecule has 1 aromatic heterocycles. The van der Waals surface area contributed by atoms with Gasteiger partial charge in [-0.15, -0.1) is 11.3 Å². The van der Waals surface area contributed by atoms with Gasteiger partial charge in [0.15, 0.2) is 0 Å². The van der Waals surface area contributed by atoms with Gasteiger partial charge in [0, 0.05) is 9.35 Å². The Morgan fingerprint density at radius 2 is 1.74 bits per heavy atom. The number of halogens is 2. The largest absolute Gasteiger partial charge is 0.309 e. The van der Waals surface area contributed by atoms with Crippen molar-refractivity contribution in [1.82, 2.24) is 5.32 Å². The third-order valence-electron chi connectivity index (χ3n) is 3.26.